The van der Waals surface area contributed by atoms with E-state index < -0.39 is 0 Å². The molecular weight excluding hydrogens is 294 g/mol. The van der Waals surface area contributed by atoms with Crippen LogP contribution in [-0.2, 0) is 0 Å². The Morgan fingerprint density at radius 1 is 1.20 bits per heavy atom. The van der Waals surface area contributed by atoms with Gasteiger partial charge in [0.15, 0.2) is 0 Å². The lowest BCUT2D eigenvalue weighted by atomic mass is 10.2. The predicted molar refractivity (Wildman–Crippen MR) is 79.8 cm³/mol. The molecule has 0 spiro atoms. The van der Waals surface area contributed by atoms with Gasteiger partial charge < -0.3 is 4.52 Å². The summed E-state index contributed by atoms with van der Waals surface area (Å²) in [4.78, 5) is 9.63. The van der Waals surface area contributed by atoms with Crippen LogP contribution in [0.1, 0.15) is 0 Å². The largest absolute Gasteiger partial charge is 0.334 e. The topological polar surface area (TPSA) is 51.8 Å². The van der Waals surface area contributed by atoms with E-state index in [0.29, 0.717) is 22.4 Å². The Hall–Kier alpha value is -1.85. The molecule has 0 saturated heterocycles. The first-order valence-electron chi connectivity index (χ1n) is 5.87. The molecule has 4 nitrogen and oxygen atoms in total. The third kappa shape index (κ3) is 2.55. The second kappa shape index (κ2) is 5.64. The first-order valence-corrected chi connectivity index (χ1v) is 7.47. The molecule has 100 valence electrons. The Morgan fingerprint density at radius 3 is 2.85 bits per heavy atom. The maximum atomic E-state index is 6.19. The molecule has 0 aliphatic carbocycles. The minimum Gasteiger partial charge on any atom is -0.334 e. The van der Waals surface area contributed by atoms with Gasteiger partial charge in [0.25, 0.3) is 5.89 Å². The molecule has 3 rings (SSSR count). The van der Waals surface area contributed by atoms with Gasteiger partial charge in [-0.05, 0) is 36.6 Å². The van der Waals surface area contributed by atoms with Crippen molar-refractivity contribution >= 4 is 23.4 Å². The SMILES string of the molecule is CSc1ccc(Cl)c(-c2nc(-c3ccccn3)no2)c1. The third-order valence-corrected chi connectivity index (χ3v) is 3.78. The van der Waals surface area contributed by atoms with Crippen LogP contribution in [0.4, 0.5) is 0 Å². The maximum absolute atomic E-state index is 6.19. The van der Waals surface area contributed by atoms with Gasteiger partial charge in [0.1, 0.15) is 5.69 Å². The van der Waals surface area contributed by atoms with Gasteiger partial charge in [-0.1, -0.05) is 22.8 Å². The molecule has 3 aromatic rings. The van der Waals surface area contributed by atoms with Crippen molar-refractivity contribution < 1.29 is 4.52 Å². The highest BCUT2D eigenvalue weighted by molar-refractivity contribution is 7.98. The van der Waals surface area contributed by atoms with Crippen LogP contribution in [-0.4, -0.2) is 21.4 Å². The van der Waals surface area contributed by atoms with Gasteiger partial charge in [0.2, 0.25) is 5.82 Å². The molecule has 0 N–H and O–H groups in total. The van der Waals surface area contributed by atoms with Gasteiger partial charge in [0, 0.05) is 11.1 Å². The number of benzene rings is 1. The predicted octanol–water partition coefficient (Wildman–Crippen LogP) is 4.17. The standard InChI is InChI=1S/C14H10ClN3OS/c1-20-9-5-6-11(15)10(8-9)14-17-13(18-19-14)12-4-2-3-7-16-12/h2-8H,1H3. The average molecular weight is 304 g/mol. The first-order chi connectivity index (χ1) is 9.78. The van der Waals surface area contributed by atoms with Crippen molar-refractivity contribution in [2.45, 2.75) is 4.90 Å². The normalized spacial score (nSPS) is 10.7. The minimum atomic E-state index is 0.395. The summed E-state index contributed by atoms with van der Waals surface area (Å²) in [5, 5.41) is 4.53. The fourth-order valence-electron chi connectivity index (χ4n) is 1.73. The van der Waals surface area contributed by atoms with E-state index in [2.05, 4.69) is 15.1 Å². The second-order valence-corrected chi connectivity index (χ2v) is 5.27. The first kappa shape index (κ1) is 13.1. The van der Waals surface area contributed by atoms with E-state index in [9.17, 15) is 0 Å². The van der Waals surface area contributed by atoms with Crippen molar-refractivity contribution in [3.05, 3.63) is 47.6 Å². The average Bonchev–Trinajstić information content (AvgIpc) is 2.98. The Balaban J connectivity index is 2.02. The van der Waals surface area contributed by atoms with E-state index in [1.807, 2.05) is 42.7 Å². The Labute approximate surface area is 125 Å². The van der Waals surface area contributed by atoms with E-state index in [1.165, 1.54) is 0 Å². The summed E-state index contributed by atoms with van der Waals surface area (Å²) in [6.45, 7) is 0. The molecule has 0 saturated carbocycles. The molecule has 0 atom stereocenters. The maximum Gasteiger partial charge on any atom is 0.259 e. The van der Waals surface area contributed by atoms with Gasteiger partial charge in [0.05, 0.1) is 10.6 Å². The van der Waals surface area contributed by atoms with Crippen LogP contribution in [0.25, 0.3) is 23.0 Å². The highest BCUT2D eigenvalue weighted by Crippen LogP contribution is 2.31. The molecule has 2 heterocycles. The van der Waals surface area contributed by atoms with Crippen LogP contribution >= 0.6 is 23.4 Å². The lowest BCUT2D eigenvalue weighted by molar-refractivity contribution is 0.432. The van der Waals surface area contributed by atoms with Crippen molar-refractivity contribution in [3.63, 3.8) is 0 Å². The fraction of sp³-hybridized carbons (Fsp3) is 0.0714. The van der Waals surface area contributed by atoms with Crippen LogP contribution in [0.2, 0.25) is 5.02 Å². The Kier molecular flexibility index (Phi) is 3.71. The van der Waals surface area contributed by atoms with Gasteiger partial charge in [-0.25, -0.2) is 0 Å². The summed E-state index contributed by atoms with van der Waals surface area (Å²) >= 11 is 7.82. The molecule has 0 amide bonds. The van der Waals surface area contributed by atoms with Crippen molar-refractivity contribution in [2.75, 3.05) is 6.26 Å². The molecule has 0 fully saturated rings. The Bertz CT molecular complexity index is 730. The van der Waals surface area contributed by atoms with Crippen LogP contribution in [0.15, 0.2) is 52.0 Å². The summed E-state index contributed by atoms with van der Waals surface area (Å²) in [7, 11) is 0. The number of rotatable bonds is 3. The van der Waals surface area contributed by atoms with Crippen LogP contribution in [0.3, 0.4) is 0 Å². The Morgan fingerprint density at radius 2 is 2.10 bits per heavy atom. The minimum absolute atomic E-state index is 0.395. The summed E-state index contributed by atoms with van der Waals surface area (Å²) in [6, 6.07) is 11.3. The zero-order valence-electron chi connectivity index (χ0n) is 10.6. The zero-order chi connectivity index (χ0) is 13.9. The highest BCUT2D eigenvalue weighted by atomic mass is 35.5. The molecule has 1 aromatic carbocycles. The van der Waals surface area contributed by atoms with Crippen molar-refractivity contribution in [1.82, 2.24) is 15.1 Å². The number of thioether (sulfide) groups is 1. The smallest absolute Gasteiger partial charge is 0.259 e. The van der Waals surface area contributed by atoms with Crippen LogP contribution in [0, 0.1) is 0 Å². The summed E-state index contributed by atoms with van der Waals surface area (Å²) in [5.74, 6) is 0.845. The molecule has 0 aliphatic rings. The number of hydrogen-bond acceptors (Lipinski definition) is 5. The second-order valence-electron chi connectivity index (χ2n) is 3.98. The highest BCUT2D eigenvalue weighted by Gasteiger charge is 2.14. The van der Waals surface area contributed by atoms with Crippen molar-refractivity contribution in [1.29, 1.82) is 0 Å². The third-order valence-electron chi connectivity index (χ3n) is 2.72. The van der Waals surface area contributed by atoms with E-state index in [0.717, 1.165) is 10.5 Å². The van der Waals surface area contributed by atoms with Crippen LogP contribution in [0.5, 0.6) is 0 Å². The van der Waals surface area contributed by atoms with Crippen LogP contribution < -0.4 is 0 Å². The van der Waals surface area contributed by atoms with E-state index in [1.54, 1.807) is 18.0 Å². The molecule has 0 radical (unpaired) electrons. The summed E-state index contributed by atoms with van der Waals surface area (Å²) < 4.78 is 5.29. The fourth-order valence-corrected chi connectivity index (χ4v) is 2.37. The summed E-state index contributed by atoms with van der Waals surface area (Å²) in [5.41, 5.74) is 1.40. The number of pyridine rings is 1. The molecule has 0 unspecified atom stereocenters. The van der Waals surface area contributed by atoms with Gasteiger partial charge >= 0.3 is 0 Å². The molecule has 6 heteroatoms. The molecule has 2 aromatic heterocycles. The molecular formula is C14H10ClN3OS. The number of aromatic nitrogens is 3. The van der Waals surface area contributed by atoms with Gasteiger partial charge in [-0.15, -0.1) is 11.8 Å². The lowest BCUT2D eigenvalue weighted by Gasteiger charge is -2.01. The molecule has 20 heavy (non-hydrogen) atoms. The number of nitrogens with zero attached hydrogens (tertiary/aromatic N) is 3. The van der Waals surface area contributed by atoms with Crippen molar-refractivity contribution in [3.8, 4) is 23.0 Å². The van der Waals surface area contributed by atoms with E-state index in [-0.39, 0.29) is 0 Å². The molecule has 0 aliphatic heterocycles. The number of hydrogen-bond donors (Lipinski definition) is 0. The monoisotopic (exact) mass is 303 g/mol. The zero-order valence-corrected chi connectivity index (χ0v) is 12.1. The summed E-state index contributed by atoms with van der Waals surface area (Å²) in [6.07, 6.45) is 3.69. The van der Waals surface area contributed by atoms with E-state index >= 15 is 0 Å². The number of halogens is 1. The molecule has 0 bridgehead atoms. The van der Waals surface area contributed by atoms with E-state index in [4.69, 9.17) is 16.1 Å². The quantitative estimate of drug-likeness (QED) is 0.680. The van der Waals surface area contributed by atoms with Crippen molar-refractivity contribution in [2.24, 2.45) is 0 Å². The lowest BCUT2D eigenvalue weighted by Crippen LogP contribution is -1.85. The van der Waals surface area contributed by atoms with Gasteiger partial charge in [-0.2, -0.15) is 4.98 Å². The van der Waals surface area contributed by atoms with Gasteiger partial charge in [-0.3, -0.25) is 4.98 Å².